The second kappa shape index (κ2) is 5.75. The molecule has 0 aliphatic carbocycles. The molecule has 100 valence electrons. The summed E-state index contributed by atoms with van der Waals surface area (Å²) in [7, 11) is 0. The van der Waals surface area contributed by atoms with Crippen molar-refractivity contribution in [1.82, 2.24) is 14.8 Å². The third-order valence-corrected chi connectivity index (χ3v) is 2.94. The molecule has 0 saturated carbocycles. The maximum atomic E-state index is 5.86. The van der Waals surface area contributed by atoms with Gasteiger partial charge in [0.2, 0.25) is 5.88 Å². The molecule has 0 radical (unpaired) electrons. The van der Waals surface area contributed by atoms with Gasteiger partial charge in [-0.15, -0.1) is 5.10 Å². The number of aromatic nitrogens is 3. The first-order valence-corrected chi connectivity index (χ1v) is 6.54. The first-order chi connectivity index (χ1) is 9.81. The lowest BCUT2D eigenvalue weighted by molar-refractivity contribution is 0.292. The van der Waals surface area contributed by atoms with Crippen LogP contribution in [0.4, 0.5) is 0 Å². The minimum atomic E-state index is 0.435. The summed E-state index contributed by atoms with van der Waals surface area (Å²) in [6.07, 6.45) is 1.79. The molecule has 0 N–H and O–H groups in total. The van der Waals surface area contributed by atoms with Gasteiger partial charge < -0.3 is 4.74 Å². The zero-order valence-corrected chi connectivity index (χ0v) is 11.4. The number of rotatable bonds is 4. The van der Waals surface area contributed by atoms with Crippen LogP contribution in [0.25, 0.3) is 5.82 Å². The minimum absolute atomic E-state index is 0.435. The molecule has 0 aliphatic rings. The van der Waals surface area contributed by atoms with Crippen molar-refractivity contribution >= 4 is 11.6 Å². The van der Waals surface area contributed by atoms with Crippen LogP contribution < -0.4 is 4.74 Å². The Bertz CT molecular complexity index is 697. The van der Waals surface area contributed by atoms with E-state index in [2.05, 4.69) is 10.1 Å². The quantitative estimate of drug-likeness (QED) is 0.689. The molecule has 0 amide bonds. The molecule has 0 fully saturated rings. The first kappa shape index (κ1) is 12.7. The average molecular weight is 286 g/mol. The van der Waals surface area contributed by atoms with Crippen molar-refractivity contribution in [3.63, 3.8) is 0 Å². The topological polar surface area (TPSA) is 39.9 Å². The van der Waals surface area contributed by atoms with E-state index in [1.807, 2.05) is 42.5 Å². The summed E-state index contributed by atoms with van der Waals surface area (Å²) >= 11 is 5.86. The number of hydrogen-bond acceptors (Lipinski definition) is 3. The lowest BCUT2D eigenvalue weighted by atomic mass is 10.2. The summed E-state index contributed by atoms with van der Waals surface area (Å²) < 4.78 is 7.26. The van der Waals surface area contributed by atoms with Crippen molar-refractivity contribution in [2.75, 3.05) is 0 Å². The normalized spacial score (nSPS) is 10.4. The maximum Gasteiger partial charge on any atom is 0.233 e. The highest BCUT2D eigenvalue weighted by atomic mass is 35.5. The van der Waals surface area contributed by atoms with E-state index in [-0.39, 0.29) is 0 Å². The van der Waals surface area contributed by atoms with Crippen molar-refractivity contribution in [1.29, 1.82) is 0 Å². The van der Waals surface area contributed by atoms with Gasteiger partial charge in [-0.3, -0.25) is 0 Å². The monoisotopic (exact) mass is 285 g/mol. The number of halogens is 1. The van der Waals surface area contributed by atoms with Crippen LogP contribution in [0.3, 0.4) is 0 Å². The van der Waals surface area contributed by atoms with E-state index in [1.165, 1.54) is 0 Å². The predicted octanol–water partition coefficient (Wildman–Crippen LogP) is 3.50. The fraction of sp³-hybridized carbons (Fsp3) is 0.0667. The van der Waals surface area contributed by atoms with E-state index in [4.69, 9.17) is 16.3 Å². The number of nitrogens with zero attached hydrogens (tertiary/aromatic N) is 3. The molecule has 5 heteroatoms. The van der Waals surface area contributed by atoms with Crippen molar-refractivity contribution in [2.24, 2.45) is 0 Å². The summed E-state index contributed by atoms with van der Waals surface area (Å²) in [6, 6.07) is 17.1. The zero-order chi connectivity index (χ0) is 13.8. The Hall–Kier alpha value is -2.33. The van der Waals surface area contributed by atoms with Gasteiger partial charge in [0.1, 0.15) is 11.8 Å². The molecule has 0 unspecified atom stereocenters. The van der Waals surface area contributed by atoms with E-state index < -0.39 is 0 Å². The Morgan fingerprint density at radius 1 is 1.00 bits per heavy atom. The van der Waals surface area contributed by atoms with Gasteiger partial charge in [0.05, 0.1) is 0 Å². The standard InChI is InChI=1S/C15H12ClN3O/c16-13-7-4-8-14(17-13)19-10-9-15(18-19)20-11-12-5-2-1-3-6-12/h1-10H,11H2. The lowest BCUT2D eigenvalue weighted by Crippen LogP contribution is -2.00. The van der Waals surface area contributed by atoms with Gasteiger partial charge in [0.25, 0.3) is 0 Å². The van der Waals surface area contributed by atoms with Crippen molar-refractivity contribution in [3.05, 3.63) is 71.5 Å². The van der Waals surface area contributed by atoms with Crippen molar-refractivity contribution in [3.8, 4) is 11.7 Å². The van der Waals surface area contributed by atoms with Gasteiger partial charge in [-0.25, -0.2) is 9.67 Å². The third-order valence-electron chi connectivity index (χ3n) is 2.73. The molecule has 3 aromatic rings. The number of benzene rings is 1. The van der Waals surface area contributed by atoms with E-state index in [9.17, 15) is 0 Å². The van der Waals surface area contributed by atoms with Crippen molar-refractivity contribution < 1.29 is 4.74 Å². The van der Waals surface area contributed by atoms with Gasteiger partial charge >= 0.3 is 0 Å². The number of ether oxygens (including phenoxy) is 1. The second-order valence-electron chi connectivity index (χ2n) is 4.19. The van der Waals surface area contributed by atoms with Gasteiger partial charge in [0.15, 0.2) is 5.82 Å². The summed E-state index contributed by atoms with van der Waals surface area (Å²) in [6.45, 7) is 0.487. The zero-order valence-electron chi connectivity index (χ0n) is 10.6. The SMILES string of the molecule is Clc1cccc(-n2ccc(OCc3ccccc3)n2)n1. The molecule has 20 heavy (non-hydrogen) atoms. The highest BCUT2D eigenvalue weighted by Gasteiger charge is 2.04. The highest BCUT2D eigenvalue weighted by molar-refractivity contribution is 6.29. The lowest BCUT2D eigenvalue weighted by Gasteiger charge is -2.03. The molecule has 1 aromatic carbocycles. The molecule has 0 atom stereocenters. The van der Waals surface area contributed by atoms with Crippen LogP contribution in [0.5, 0.6) is 5.88 Å². The van der Waals surface area contributed by atoms with Gasteiger partial charge in [-0.2, -0.15) is 0 Å². The van der Waals surface area contributed by atoms with Gasteiger partial charge in [-0.1, -0.05) is 48.0 Å². The highest BCUT2D eigenvalue weighted by Crippen LogP contribution is 2.14. The summed E-state index contributed by atoms with van der Waals surface area (Å²) in [5, 5.41) is 4.74. The van der Waals surface area contributed by atoms with E-state index in [0.29, 0.717) is 23.5 Å². The summed E-state index contributed by atoms with van der Waals surface area (Å²) in [5.41, 5.74) is 1.10. The van der Waals surface area contributed by atoms with Gasteiger partial charge in [0, 0.05) is 12.3 Å². The van der Waals surface area contributed by atoms with Crippen LogP contribution in [0.2, 0.25) is 5.15 Å². The minimum Gasteiger partial charge on any atom is -0.472 e. The average Bonchev–Trinajstić information content (AvgIpc) is 2.95. The molecular weight excluding hydrogens is 274 g/mol. The molecule has 2 heterocycles. The van der Waals surface area contributed by atoms with Gasteiger partial charge in [-0.05, 0) is 17.7 Å². The van der Waals surface area contributed by atoms with Crippen molar-refractivity contribution in [2.45, 2.75) is 6.61 Å². The van der Waals surface area contributed by atoms with E-state index in [0.717, 1.165) is 5.56 Å². The molecule has 3 rings (SSSR count). The Kier molecular flexibility index (Phi) is 3.65. The Morgan fingerprint density at radius 3 is 2.65 bits per heavy atom. The van der Waals surface area contributed by atoms with E-state index in [1.54, 1.807) is 23.0 Å². The molecule has 0 saturated heterocycles. The predicted molar refractivity (Wildman–Crippen MR) is 77.1 cm³/mol. The molecule has 0 bridgehead atoms. The van der Waals surface area contributed by atoms with E-state index >= 15 is 0 Å². The molecule has 2 aromatic heterocycles. The van der Waals surface area contributed by atoms with Crippen LogP contribution in [0, 0.1) is 0 Å². The molecule has 4 nitrogen and oxygen atoms in total. The Morgan fingerprint density at radius 2 is 1.85 bits per heavy atom. The largest absolute Gasteiger partial charge is 0.472 e. The van der Waals surface area contributed by atoms with Crippen LogP contribution in [0.1, 0.15) is 5.56 Å². The second-order valence-corrected chi connectivity index (χ2v) is 4.58. The fourth-order valence-corrected chi connectivity index (χ4v) is 1.93. The molecule has 0 spiro atoms. The Labute approximate surface area is 121 Å². The Balaban J connectivity index is 1.71. The number of hydrogen-bond donors (Lipinski definition) is 0. The first-order valence-electron chi connectivity index (χ1n) is 6.16. The summed E-state index contributed by atoms with van der Waals surface area (Å²) in [4.78, 5) is 4.19. The van der Waals surface area contributed by atoms with Crippen LogP contribution in [0.15, 0.2) is 60.8 Å². The van der Waals surface area contributed by atoms with Crippen LogP contribution in [-0.4, -0.2) is 14.8 Å². The van der Waals surface area contributed by atoms with Crippen LogP contribution in [-0.2, 0) is 6.61 Å². The third kappa shape index (κ3) is 2.97. The summed E-state index contributed by atoms with van der Waals surface area (Å²) in [5.74, 6) is 1.21. The maximum absolute atomic E-state index is 5.86. The molecule has 0 aliphatic heterocycles. The smallest absolute Gasteiger partial charge is 0.233 e. The number of pyridine rings is 1. The fourth-order valence-electron chi connectivity index (χ4n) is 1.77. The van der Waals surface area contributed by atoms with Crippen LogP contribution >= 0.6 is 11.6 Å². The molecular formula is C15H12ClN3O.